The van der Waals surface area contributed by atoms with Gasteiger partial charge in [-0.1, -0.05) is 11.6 Å². The first kappa shape index (κ1) is 27.5. The van der Waals surface area contributed by atoms with Gasteiger partial charge >= 0.3 is 0 Å². The molecule has 41 heavy (non-hydrogen) atoms. The third kappa shape index (κ3) is 5.80. The molecule has 0 spiro atoms. The Kier molecular flexibility index (Phi) is 7.79. The third-order valence-corrected chi connectivity index (χ3v) is 6.27. The molecule has 12 heteroatoms. The zero-order valence-corrected chi connectivity index (χ0v) is 22.5. The summed E-state index contributed by atoms with van der Waals surface area (Å²) in [4.78, 5) is 30.7. The number of ether oxygens (including phenoxy) is 2. The Bertz CT molecular complexity index is 1800. The molecule has 3 aromatic heterocycles. The van der Waals surface area contributed by atoms with Gasteiger partial charge in [0.05, 0.1) is 23.5 Å². The smallest absolute Gasteiger partial charge is 0.271 e. The molecule has 0 atom stereocenters. The molecule has 0 unspecified atom stereocenters. The number of anilines is 1. The Labute approximate surface area is 237 Å². The van der Waals surface area contributed by atoms with Gasteiger partial charge in [0, 0.05) is 54.7 Å². The van der Waals surface area contributed by atoms with Gasteiger partial charge in [-0.2, -0.15) is 5.10 Å². The van der Waals surface area contributed by atoms with Gasteiger partial charge in [0.2, 0.25) is 0 Å². The van der Waals surface area contributed by atoms with Crippen LogP contribution in [0.4, 0.5) is 14.5 Å². The highest BCUT2D eigenvalue weighted by Crippen LogP contribution is 2.37. The van der Waals surface area contributed by atoms with Crippen molar-refractivity contribution in [3.63, 3.8) is 0 Å². The van der Waals surface area contributed by atoms with Crippen molar-refractivity contribution < 1.29 is 23.0 Å². The predicted octanol–water partition coefficient (Wildman–Crippen LogP) is 6.01. The predicted molar refractivity (Wildman–Crippen MR) is 149 cm³/mol. The van der Waals surface area contributed by atoms with E-state index in [0.717, 1.165) is 16.2 Å². The second-order valence-corrected chi connectivity index (χ2v) is 9.14. The Morgan fingerprint density at radius 2 is 1.83 bits per heavy atom. The van der Waals surface area contributed by atoms with Crippen LogP contribution in [0, 0.1) is 11.6 Å². The Balaban J connectivity index is 1.45. The molecular weight excluding hydrogens is 556 g/mol. The van der Waals surface area contributed by atoms with Crippen LogP contribution in [0.15, 0.2) is 84.3 Å². The summed E-state index contributed by atoms with van der Waals surface area (Å²) in [5, 5.41) is 6.54. The minimum atomic E-state index is -0.924. The van der Waals surface area contributed by atoms with Gasteiger partial charge in [-0.15, -0.1) is 0 Å². The summed E-state index contributed by atoms with van der Waals surface area (Å²) in [6, 6.07) is 10.4. The number of pyridine rings is 2. The monoisotopic (exact) mass is 577 g/mol. The largest absolute Gasteiger partial charge is 0.493 e. The molecule has 9 nitrogen and oxygen atoms in total. The zero-order valence-electron chi connectivity index (χ0n) is 21.8. The van der Waals surface area contributed by atoms with Crippen LogP contribution < -0.4 is 20.3 Å². The molecule has 1 N–H and O–H groups in total. The van der Waals surface area contributed by atoms with Crippen molar-refractivity contribution >= 4 is 23.2 Å². The summed E-state index contributed by atoms with van der Waals surface area (Å²) >= 11 is 6.42. The molecule has 0 saturated heterocycles. The van der Waals surface area contributed by atoms with E-state index in [0.29, 0.717) is 17.0 Å². The lowest BCUT2D eigenvalue weighted by atomic mass is 10.1. The normalized spacial score (nSPS) is 10.9. The van der Waals surface area contributed by atoms with Crippen LogP contribution in [-0.4, -0.2) is 31.8 Å². The molecule has 5 rings (SSSR count). The van der Waals surface area contributed by atoms with Crippen molar-refractivity contribution in [2.24, 2.45) is 7.05 Å². The van der Waals surface area contributed by atoms with Crippen LogP contribution in [0.2, 0.25) is 5.02 Å². The first-order valence-electron chi connectivity index (χ1n) is 12.3. The van der Waals surface area contributed by atoms with Crippen LogP contribution in [0.25, 0.3) is 16.8 Å². The molecule has 208 valence electrons. The van der Waals surface area contributed by atoms with Gasteiger partial charge in [0.1, 0.15) is 28.6 Å². The molecule has 2 aromatic carbocycles. The number of amides is 1. The molecule has 0 bridgehead atoms. The number of carbonyl (C=O) groups excluding carboxylic acids is 1. The van der Waals surface area contributed by atoms with E-state index in [4.69, 9.17) is 21.1 Å². The zero-order chi connectivity index (χ0) is 29.1. The summed E-state index contributed by atoms with van der Waals surface area (Å²) in [5.74, 6) is -1.91. The van der Waals surface area contributed by atoms with Crippen molar-refractivity contribution in [3.8, 4) is 34.1 Å². The van der Waals surface area contributed by atoms with E-state index in [2.05, 4.69) is 15.4 Å². The van der Waals surface area contributed by atoms with Crippen LogP contribution in [0.3, 0.4) is 0 Å². The second-order valence-electron chi connectivity index (χ2n) is 8.73. The van der Waals surface area contributed by atoms with E-state index in [1.165, 1.54) is 48.8 Å². The van der Waals surface area contributed by atoms with Crippen molar-refractivity contribution in [1.29, 1.82) is 0 Å². The first-order valence-corrected chi connectivity index (χ1v) is 12.7. The van der Waals surface area contributed by atoms with Crippen molar-refractivity contribution in [2.75, 3.05) is 11.9 Å². The third-order valence-electron chi connectivity index (χ3n) is 5.97. The summed E-state index contributed by atoms with van der Waals surface area (Å²) in [6.45, 7) is 1.86. The average molecular weight is 578 g/mol. The molecule has 0 aliphatic carbocycles. The van der Waals surface area contributed by atoms with Gasteiger partial charge in [0.25, 0.3) is 11.5 Å². The van der Waals surface area contributed by atoms with E-state index < -0.39 is 23.1 Å². The van der Waals surface area contributed by atoms with Gasteiger partial charge in [-0.25, -0.2) is 8.78 Å². The van der Waals surface area contributed by atoms with E-state index in [1.54, 1.807) is 43.3 Å². The van der Waals surface area contributed by atoms with E-state index >= 15 is 4.39 Å². The Morgan fingerprint density at radius 3 is 2.54 bits per heavy atom. The van der Waals surface area contributed by atoms with Crippen molar-refractivity contribution in [2.45, 2.75) is 6.92 Å². The van der Waals surface area contributed by atoms with Gasteiger partial charge in [0.15, 0.2) is 5.82 Å². The molecule has 1 amide bonds. The van der Waals surface area contributed by atoms with Crippen LogP contribution >= 0.6 is 11.6 Å². The molecule has 0 saturated carbocycles. The first-order chi connectivity index (χ1) is 19.7. The lowest BCUT2D eigenvalue weighted by molar-refractivity contribution is 0.102. The topological polar surface area (TPSA) is 100 Å². The average Bonchev–Trinajstić information content (AvgIpc) is 3.38. The van der Waals surface area contributed by atoms with Gasteiger partial charge < -0.3 is 14.8 Å². The minimum Gasteiger partial charge on any atom is -0.493 e. The highest BCUT2D eigenvalue weighted by atomic mass is 35.5. The number of hydrogen-bond acceptors (Lipinski definition) is 6. The SMILES string of the molecule is CCOc1ccn(-c2ccc(F)cc2)c(=O)c1C(=O)Nc1cc(Cl)c(Oc2ccncc2-c2cnn(C)c2)cc1F. The van der Waals surface area contributed by atoms with Crippen LogP contribution in [0.5, 0.6) is 17.2 Å². The number of halogens is 3. The van der Waals surface area contributed by atoms with E-state index in [-0.39, 0.29) is 34.4 Å². The van der Waals surface area contributed by atoms with Crippen LogP contribution in [-0.2, 0) is 7.05 Å². The van der Waals surface area contributed by atoms with E-state index in [1.807, 2.05) is 0 Å². The summed E-state index contributed by atoms with van der Waals surface area (Å²) < 4.78 is 42.8. The fraction of sp³-hybridized carbons (Fsp3) is 0.103. The van der Waals surface area contributed by atoms with E-state index in [9.17, 15) is 14.0 Å². The number of hydrogen-bond donors (Lipinski definition) is 1. The number of rotatable bonds is 8. The van der Waals surface area contributed by atoms with Crippen LogP contribution in [0.1, 0.15) is 17.3 Å². The molecule has 5 aromatic rings. The molecule has 3 heterocycles. The maximum absolute atomic E-state index is 15.2. The second kappa shape index (κ2) is 11.6. The number of nitrogens with one attached hydrogen (secondary N) is 1. The minimum absolute atomic E-state index is 0.000406. The highest BCUT2D eigenvalue weighted by molar-refractivity contribution is 6.32. The maximum atomic E-state index is 15.2. The molecular formula is C29H22ClF2N5O4. The summed E-state index contributed by atoms with van der Waals surface area (Å²) in [6.07, 6.45) is 7.91. The number of nitrogens with zero attached hydrogens (tertiary/aromatic N) is 4. The lowest BCUT2D eigenvalue weighted by Crippen LogP contribution is -2.29. The summed E-state index contributed by atoms with van der Waals surface area (Å²) in [5.41, 5.74) is 0.272. The Morgan fingerprint density at radius 1 is 1.05 bits per heavy atom. The fourth-order valence-corrected chi connectivity index (χ4v) is 4.26. The molecule has 0 aliphatic rings. The number of benzene rings is 2. The quantitative estimate of drug-likeness (QED) is 0.242. The van der Waals surface area contributed by atoms with Crippen molar-refractivity contribution in [3.05, 3.63) is 112 Å². The number of aryl methyl sites for hydroxylation is 1. The standard InChI is InChI=1S/C29H22ClF2N5O4/c1-3-40-25-9-11-37(19-6-4-18(31)5-7-19)29(39)27(25)28(38)35-23-12-21(30)26(13-22(23)32)41-24-8-10-33-15-20(24)17-14-34-36(2)16-17/h4-16H,3H2,1-2H3,(H,35,38). The molecule has 0 radical (unpaired) electrons. The molecule has 0 fully saturated rings. The fourth-order valence-electron chi connectivity index (χ4n) is 4.06. The number of carbonyl (C=O) groups is 1. The maximum Gasteiger partial charge on any atom is 0.271 e. The van der Waals surface area contributed by atoms with Gasteiger partial charge in [-0.05, 0) is 49.4 Å². The highest BCUT2D eigenvalue weighted by Gasteiger charge is 2.22. The van der Waals surface area contributed by atoms with Crippen molar-refractivity contribution in [1.82, 2.24) is 19.3 Å². The Hall–Kier alpha value is -5.03. The van der Waals surface area contributed by atoms with Gasteiger partial charge in [-0.3, -0.25) is 23.8 Å². The lowest BCUT2D eigenvalue weighted by Gasteiger charge is -2.15. The summed E-state index contributed by atoms with van der Waals surface area (Å²) in [7, 11) is 1.77. The molecule has 0 aliphatic heterocycles. The number of aromatic nitrogens is 4.